The number of hydrogen-bond donors (Lipinski definition) is 2. The summed E-state index contributed by atoms with van der Waals surface area (Å²) >= 11 is 0. The third-order valence-electron chi connectivity index (χ3n) is 5.31. The van der Waals surface area contributed by atoms with Crippen molar-refractivity contribution in [3.8, 4) is 0 Å². The van der Waals surface area contributed by atoms with E-state index >= 15 is 0 Å². The molecule has 3 unspecified atom stereocenters. The van der Waals surface area contributed by atoms with Crippen LogP contribution in [0.1, 0.15) is 43.6 Å². The molecule has 2 aliphatic rings. The molecular weight excluding hydrogens is 376 g/mol. The zero-order valence-corrected chi connectivity index (χ0v) is 15.9. The lowest BCUT2D eigenvalue weighted by atomic mass is 10.0. The number of halogens is 3. The molecule has 1 aliphatic carbocycles. The van der Waals surface area contributed by atoms with E-state index in [0.29, 0.717) is 26.1 Å². The minimum Gasteiger partial charge on any atom is -0.354 e. The van der Waals surface area contributed by atoms with Gasteiger partial charge in [-0.25, -0.2) is 8.78 Å². The molecule has 0 aromatic heterocycles. The van der Waals surface area contributed by atoms with Crippen LogP contribution >= 0.6 is 12.4 Å². The molecule has 2 fully saturated rings. The number of hydrogen-bond acceptors (Lipinski definition) is 3. The Morgan fingerprint density at radius 2 is 2.04 bits per heavy atom. The van der Waals surface area contributed by atoms with Crippen LogP contribution in [0.3, 0.4) is 0 Å². The summed E-state index contributed by atoms with van der Waals surface area (Å²) in [5.74, 6) is -2.41. The molecule has 0 spiro atoms. The van der Waals surface area contributed by atoms with Crippen LogP contribution in [0.4, 0.5) is 8.78 Å². The van der Waals surface area contributed by atoms with Crippen molar-refractivity contribution < 1.29 is 18.4 Å². The van der Waals surface area contributed by atoms with Crippen LogP contribution in [-0.4, -0.2) is 42.4 Å². The molecule has 0 radical (unpaired) electrons. The summed E-state index contributed by atoms with van der Waals surface area (Å²) in [7, 11) is 0. The average molecular weight is 402 g/mol. The fourth-order valence-corrected chi connectivity index (χ4v) is 3.79. The van der Waals surface area contributed by atoms with Crippen LogP contribution < -0.4 is 11.1 Å². The molecular formula is C19H26ClF2N3O2. The van der Waals surface area contributed by atoms with Gasteiger partial charge in [0.1, 0.15) is 0 Å². The first-order valence-corrected chi connectivity index (χ1v) is 9.24. The fourth-order valence-electron chi connectivity index (χ4n) is 3.79. The van der Waals surface area contributed by atoms with Gasteiger partial charge in [0.15, 0.2) is 11.6 Å². The maximum Gasteiger partial charge on any atom is 0.226 e. The standard InChI is InChI=1S/C19H25F2N3O2.ClH/c20-16-6-3-5-13(18(16)21)14-10-15(14)19(26)24-9-2-1-4-12(24)11-23-17(25)7-8-22;/h3,5-6,12,14-15H,1-2,4,7-11,22H2,(H,23,25);1H. The number of nitrogens with two attached hydrogens (primary N) is 1. The number of amides is 2. The van der Waals surface area contributed by atoms with Gasteiger partial charge in [-0.15, -0.1) is 12.4 Å². The van der Waals surface area contributed by atoms with Gasteiger partial charge in [-0.2, -0.15) is 0 Å². The first-order valence-electron chi connectivity index (χ1n) is 9.24. The van der Waals surface area contributed by atoms with Gasteiger partial charge in [0.25, 0.3) is 0 Å². The molecule has 1 saturated carbocycles. The monoisotopic (exact) mass is 401 g/mol. The van der Waals surface area contributed by atoms with E-state index in [1.165, 1.54) is 6.07 Å². The van der Waals surface area contributed by atoms with E-state index in [4.69, 9.17) is 5.73 Å². The fraction of sp³-hybridized carbons (Fsp3) is 0.579. The smallest absolute Gasteiger partial charge is 0.226 e. The second-order valence-electron chi connectivity index (χ2n) is 7.12. The van der Waals surface area contributed by atoms with E-state index in [0.717, 1.165) is 25.3 Å². The summed E-state index contributed by atoms with van der Waals surface area (Å²) in [5, 5.41) is 2.83. The summed E-state index contributed by atoms with van der Waals surface area (Å²) in [6, 6.07) is 4.07. The summed E-state index contributed by atoms with van der Waals surface area (Å²) in [6.07, 6.45) is 3.57. The van der Waals surface area contributed by atoms with Crippen molar-refractivity contribution in [1.29, 1.82) is 0 Å². The third kappa shape index (κ3) is 4.96. The number of nitrogens with zero attached hydrogens (tertiary/aromatic N) is 1. The van der Waals surface area contributed by atoms with Crippen molar-refractivity contribution in [3.05, 3.63) is 35.4 Å². The van der Waals surface area contributed by atoms with E-state index in [1.54, 1.807) is 6.07 Å². The van der Waals surface area contributed by atoms with E-state index in [-0.39, 0.29) is 54.1 Å². The lowest BCUT2D eigenvalue weighted by molar-refractivity contribution is -0.137. The molecule has 3 rings (SSSR count). The van der Waals surface area contributed by atoms with Crippen molar-refractivity contribution in [3.63, 3.8) is 0 Å². The number of rotatable bonds is 6. The molecule has 1 aromatic carbocycles. The zero-order chi connectivity index (χ0) is 18.7. The number of carbonyl (C=O) groups excluding carboxylic acids is 2. The number of piperidine rings is 1. The Kier molecular flexibility index (Phi) is 7.56. The molecule has 1 aliphatic heterocycles. The summed E-state index contributed by atoms with van der Waals surface area (Å²) in [5.41, 5.74) is 5.66. The Balaban J connectivity index is 0.00000261. The summed E-state index contributed by atoms with van der Waals surface area (Å²) in [6.45, 7) is 1.35. The van der Waals surface area contributed by atoms with Crippen molar-refractivity contribution in [2.75, 3.05) is 19.6 Å². The minimum atomic E-state index is -0.876. The lowest BCUT2D eigenvalue weighted by Crippen LogP contribution is -2.50. The molecule has 2 amide bonds. The number of nitrogens with one attached hydrogen (secondary N) is 1. The number of likely N-dealkylation sites (tertiary alicyclic amines) is 1. The van der Waals surface area contributed by atoms with Crippen molar-refractivity contribution in [2.45, 2.75) is 44.1 Å². The van der Waals surface area contributed by atoms with Gasteiger partial charge in [-0.05, 0) is 43.2 Å². The zero-order valence-electron chi connectivity index (χ0n) is 15.1. The Bertz CT molecular complexity index is 689. The van der Waals surface area contributed by atoms with Crippen molar-refractivity contribution in [1.82, 2.24) is 10.2 Å². The van der Waals surface area contributed by atoms with Gasteiger partial charge >= 0.3 is 0 Å². The minimum absolute atomic E-state index is 0. The molecule has 5 nitrogen and oxygen atoms in total. The Morgan fingerprint density at radius 3 is 2.78 bits per heavy atom. The quantitative estimate of drug-likeness (QED) is 0.768. The molecule has 150 valence electrons. The predicted molar refractivity (Wildman–Crippen MR) is 100 cm³/mol. The van der Waals surface area contributed by atoms with E-state index in [9.17, 15) is 18.4 Å². The largest absolute Gasteiger partial charge is 0.354 e. The van der Waals surface area contributed by atoms with Crippen LogP contribution in [0.5, 0.6) is 0 Å². The molecule has 27 heavy (non-hydrogen) atoms. The van der Waals surface area contributed by atoms with Gasteiger partial charge in [0.2, 0.25) is 11.8 Å². The second-order valence-corrected chi connectivity index (χ2v) is 7.12. The van der Waals surface area contributed by atoms with Crippen LogP contribution in [0, 0.1) is 17.6 Å². The van der Waals surface area contributed by atoms with Gasteiger partial charge in [-0.3, -0.25) is 9.59 Å². The molecule has 3 atom stereocenters. The lowest BCUT2D eigenvalue weighted by Gasteiger charge is -2.36. The highest BCUT2D eigenvalue weighted by Crippen LogP contribution is 2.50. The van der Waals surface area contributed by atoms with Gasteiger partial charge in [0.05, 0.1) is 0 Å². The van der Waals surface area contributed by atoms with E-state index < -0.39 is 11.6 Å². The van der Waals surface area contributed by atoms with Crippen molar-refractivity contribution >= 4 is 24.2 Å². The highest BCUT2D eigenvalue weighted by Gasteiger charge is 2.48. The molecule has 3 N–H and O–H groups in total. The predicted octanol–water partition coefficient (Wildman–Crippen LogP) is 2.34. The summed E-state index contributed by atoms with van der Waals surface area (Å²) in [4.78, 5) is 26.4. The van der Waals surface area contributed by atoms with Crippen LogP contribution in [0.2, 0.25) is 0 Å². The SMILES string of the molecule is Cl.NCCC(=O)NCC1CCCCN1C(=O)C1CC1c1cccc(F)c1F. The van der Waals surface area contributed by atoms with Gasteiger partial charge < -0.3 is 16.0 Å². The highest BCUT2D eigenvalue weighted by atomic mass is 35.5. The average Bonchev–Trinajstić information content (AvgIpc) is 3.43. The van der Waals surface area contributed by atoms with E-state index in [2.05, 4.69) is 5.32 Å². The van der Waals surface area contributed by atoms with E-state index in [1.807, 2.05) is 4.90 Å². The topological polar surface area (TPSA) is 75.4 Å². The van der Waals surface area contributed by atoms with Crippen LogP contribution in [-0.2, 0) is 9.59 Å². The highest BCUT2D eigenvalue weighted by molar-refractivity contribution is 5.85. The second kappa shape index (κ2) is 9.46. The van der Waals surface area contributed by atoms with Gasteiger partial charge in [-0.1, -0.05) is 12.1 Å². The Morgan fingerprint density at radius 1 is 1.26 bits per heavy atom. The molecule has 1 heterocycles. The molecule has 1 saturated heterocycles. The van der Waals surface area contributed by atoms with Gasteiger partial charge in [0, 0.05) is 38.0 Å². The number of carbonyl (C=O) groups is 2. The van der Waals surface area contributed by atoms with Crippen molar-refractivity contribution in [2.24, 2.45) is 11.7 Å². The normalized spacial score (nSPS) is 24.1. The Labute approximate surface area is 164 Å². The first-order chi connectivity index (χ1) is 12.5. The van der Waals surface area contributed by atoms with Crippen LogP contribution in [0.15, 0.2) is 18.2 Å². The maximum atomic E-state index is 14.0. The third-order valence-corrected chi connectivity index (χ3v) is 5.31. The summed E-state index contributed by atoms with van der Waals surface area (Å²) < 4.78 is 27.4. The first kappa shape index (κ1) is 21.6. The maximum absolute atomic E-state index is 14.0. The molecule has 0 bridgehead atoms. The molecule has 8 heteroatoms. The van der Waals surface area contributed by atoms with Crippen LogP contribution in [0.25, 0.3) is 0 Å². The number of benzene rings is 1. The Hall–Kier alpha value is -1.73. The molecule has 1 aromatic rings.